The summed E-state index contributed by atoms with van der Waals surface area (Å²) in [6.07, 6.45) is 0. The molecule has 0 amide bonds. The van der Waals surface area contributed by atoms with Crippen molar-refractivity contribution in [1.29, 1.82) is 0 Å². The van der Waals surface area contributed by atoms with Gasteiger partial charge in [-0.2, -0.15) is 0 Å². The Bertz CT molecular complexity index is 875. The van der Waals surface area contributed by atoms with Crippen LogP contribution < -0.4 is 51.4 Å². The van der Waals surface area contributed by atoms with E-state index in [1.165, 1.54) is 44.6 Å². The summed E-state index contributed by atoms with van der Waals surface area (Å²) in [6, 6.07) is 9.85. The van der Waals surface area contributed by atoms with Crippen LogP contribution in [0.4, 0.5) is 5.69 Å². The Morgan fingerprint density at radius 3 is 1.77 bits per heavy atom. The summed E-state index contributed by atoms with van der Waals surface area (Å²) in [4.78, 5) is 23.5. The Hall–Kier alpha value is -1.23. The fraction of sp³-hybridized carbons (Fsp3) is 0.176. The molecule has 2 aromatic carbocycles. The molecule has 9 heteroatoms. The van der Waals surface area contributed by atoms with E-state index in [-0.39, 0.29) is 73.1 Å². The molecule has 0 fully saturated rings. The van der Waals surface area contributed by atoms with Gasteiger partial charge in [0.1, 0.15) is 10.0 Å². The van der Waals surface area contributed by atoms with Crippen molar-refractivity contribution < 1.29 is 78.9 Å². The van der Waals surface area contributed by atoms with E-state index < -0.39 is 22.0 Å². The van der Waals surface area contributed by atoms with Crippen LogP contribution in [0, 0.1) is 6.92 Å². The van der Waals surface area contributed by atoms with E-state index in [0.717, 1.165) is 5.56 Å². The van der Waals surface area contributed by atoms with E-state index in [4.69, 9.17) is 0 Å². The first-order chi connectivity index (χ1) is 11.8. The van der Waals surface area contributed by atoms with Gasteiger partial charge in [-0.15, -0.1) is 5.69 Å². The number of benzene rings is 2. The average Bonchev–Trinajstić information content (AvgIpc) is 2.59. The van der Waals surface area contributed by atoms with Crippen LogP contribution in [0.3, 0.4) is 0 Å². The zero-order valence-electron chi connectivity index (χ0n) is 14.8. The Morgan fingerprint density at radius 2 is 1.35 bits per heavy atom. The molecule has 0 saturated heterocycles. The second kappa shape index (κ2) is 9.63. The van der Waals surface area contributed by atoms with Gasteiger partial charge < -0.3 is 14.2 Å². The number of rotatable bonds is 5. The predicted molar refractivity (Wildman–Crippen MR) is 90.5 cm³/mol. The number of aryl methyl sites for hydroxylation is 1. The van der Waals surface area contributed by atoms with Gasteiger partial charge in [0, 0.05) is 0 Å². The Morgan fingerprint density at radius 1 is 0.885 bits per heavy atom. The van der Waals surface area contributed by atoms with E-state index in [1.807, 2.05) is 6.92 Å². The minimum Gasteiger partial charge on any atom is -0.573 e. The largest absolute Gasteiger partial charge is 1.00 e. The summed E-state index contributed by atoms with van der Waals surface area (Å²) in [5.74, 6) is -1.45. The summed E-state index contributed by atoms with van der Waals surface area (Å²) >= 11 is 0. The molecule has 0 heterocycles. The van der Waals surface area contributed by atoms with Gasteiger partial charge in [-0.3, -0.25) is 0 Å². The maximum Gasteiger partial charge on any atom is 1.00 e. The minimum absolute atomic E-state index is 0. The van der Waals surface area contributed by atoms with Crippen molar-refractivity contribution in [3.05, 3.63) is 63.9 Å². The Labute approximate surface area is 194 Å². The van der Waals surface area contributed by atoms with Gasteiger partial charge in [0.05, 0.1) is 30.2 Å². The maximum absolute atomic E-state index is 12.4. The Kier molecular flexibility index (Phi) is 8.45. The number of hydrogen-bond donors (Lipinski definition) is 0. The number of esters is 2. The molecule has 0 saturated carbocycles. The minimum atomic E-state index is -4.01. The molecule has 2 aromatic rings. The second-order valence-corrected chi connectivity index (χ2v) is 6.74. The predicted octanol–water partition coefficient (Wildman–Crippen LogP) is -0.0337. The number of carbonyl (C=O) groups is 2. The van der Waals surface area contributed by atoms with Gasteiger partial charge in [0.15, 0.2) is 0 Å². The molecule has 7 nitrogen and oxygen atoms in total. The quantitative estimate of drug-likeness (QED) is 0.515. The molecule has 0 radical (unpaired) electrons. The van der Waals surface area contributed by atoms with Crippen molar-refractivity contribution in [3.63, 3.8) is 0 Å². The molecule has 0 N–H and O–H groups in total. The molecule has 0 bridgehead atoms. The SMILES string of the molecule is COC(=O)c1cc([N-]S(=O)(=O)c2ccc(C)cc2)cc(C(=O)OC)c1.[K+]. The average molecular weight is 401 g/mol. The maximum atomic E-state index is 12.4. The van der Waals surface area contributed by atoms with Crippen molar-refractivity contribution >= 4 is 27.6 Å². The molecular formula is C17H16KNO6S. The molecule has 0 unspecified atom stereocenters. The molecule has 2 rings (SSSR count). The van der Waals surface area contributed by atoms with Crippen LogP contribution in [0.25, 0.3) is 4.72 Å². The first kappa shape index (κ1) is 22.8. The summed E-state index contributed by atoms with van der Waals surface area (Å²) < 4.78 is 37.7. The first-order valence-electron chi connectivity index (χ1n) is 7.13. The summed E-state index contributed by atoms with van der Waals surface area (Å²) in [6.45, 7) is 1.83. The standard InChI is InChI=1S/C17H16NO6S.K/c1-11-4-6-15(7-5-11)25(21,22)18-14-9-12(16(19)23-2)8-13(10-14)17(20)24-3;/h4-10H,1-3H3;/q-1;+1. The van der Waals surface area contributed by atoms with Gasteiger partial charge in [0.25, 0.3) is 0 Å². The normalized spacial score (nSPS) is 10.4. The van der Waals surface area contributed by atoms with E-state index in [1.54, 1.807) is 12.1 Å². The van der Waals surface area contributed by atoms with Crippen molar-refractivity contribution in [2.24, 2.45) is 0 Å². The molecule has 132 valence electrons. The molecule has 0 aromatic heterocycles. The summed E-state index contributed by atoms with van der Waals surface area (Å²) in [5, 5.41) is 0. The molecule has 0 aliphatic carbocycles. The third-order valence-electron chi connectivity index (χ3n) is 3.30. The zero-order chi connectivity index (χ0) is 18.6. The Balaban J connectivity index is 0.00000338. The van der Waals surface area contributed by atoms with E-state index in [9.17, 15) is 18.0 Å². The van der Waals surface area contributed by atoms with Crippen molar-refractivity contribution in [2.75, 3.05) is 14.2 Å². The zero-order valence-corrected chi connectivity index (χ0v) is 18.8. The van der Waals surface area contributed by atoms with Crippen LogP contribution in [0.2, 0.25) is 0 Å². The van der Waals surface area contributed by atoms with Crippen LogP contribution in [-0.2, 0) is 19.5 Å². The molecule has 0 aliphatic rings. The number of methoxy groups -OCH3 is 2. The van der Waals surface area contributed by atoms with E-state index in [2.05, 4.69) is 14.2 Å². The van der Waals surface area contributed by atoms with Crippen LogP contribution in [0.1, 0.15) is 26.3 Å². The summed E-state index contributed by atoms with van der Waals surface area (Å²) in [7, 11) is -1.66. The van der Waals surface area contributed by atoms with Gasteiger partial charge in [-0.1, -0.05) is 29.8 Å². The molecule has 26 heavy (non-hydrogen) atoms. The molecule has 0 aliphatic heterocycles. The molecular weight excluding hydrogens is 385 g/mol. The fourth-order valence-electron chi connectivity index (χ4n) is 2.04. The van der Waals surface area contributed by atoms with Crippen LogP contribution >= 0.6 is 0 Å². The van der Waals surface area contributed by atoms with E-state index in [0.29, 0.717) is 0 Å². The van der Waals surface area contributed by atoms with Gasteiger partial charge in [-0.05, 0) is 25.1 Å². The van der Waals surface area contributed by atoms with Gasteiger partial charge in [-0.25, -0.2) is 18.0 Å². The van der Waals surface area contributed by atoms with Crippen LogP contribution in [0.5, 0.6) is 0 Å². The number of sulfonamides is 1. The third kappa shape index (κ3) is 5.63. The van der Waals surface area contributed by atoms with Crippen molar-refractivity contribution in [1.82, 2.24) is 0 Å². The fourth-order valence-corrected chi connectivity index (χ4v) is 3.01. The number of ether oxygens (including phenoxy) is 2. The first-order valence-corrected chi connectivity index (χ1v) is 8.57. The van der Waals surface area contributed by atoms with Gasteiger partial charge >= 0.3 is 63.3 Å². The van der Waals surface area contributed by atoms with Gasteiger partial charge in [0.2, 0.25) is 0 Å². The van der Waals surface area contributed by atoms with Crippen LogP contribution in [-0.4, -0.2) is 34.6 Å². The number of carbonyl (C=O) groups excluding carboxylic acids is 2. The van der Waals surface area contributed by atoms with E-state index >= 15 is 0 Å². The second-order valence-electron chi connectivity index (χ2n) is 5.13. The third-order valence-corrected chi connectivity index (χ3v) is 4.62. The monoisotopic (exact) mass is 401 g/mol. The molecule has 0 atom stereocenters. The summed E-state index contributed by atoms with van der Waals surface area (Å²) in [5.41, 5.74) is 0.801. The van der Waals surface area contributed by atoms with Crippen molar-refractivity contribution in [3.8, 4) is 0 Å². The van der Waals surface area contributed by atoms with Crippen molar-refractivity contribution in [2.45, 2.75) is 11.8 Å². The number of hydrogen-bond acceptors (Lipinski definition) is 6. The molecule has 0 spiro atoms. The topological polar surface area (TPSA) is 101 Å². The van der Waals surface area contributed by atoms with Crippen LogP contribution in [0.15, 0.2) is 47.4 Å². The smallest absolute Gasteiger partial charge is 0.573 e. The number of nitrogens with zero attached hydrogens (tertiary/aromatic N) is 1.